The van der Waals surface area contributed by atoms with E-state index in [2.05, 4.69) is 4.98 Å². The largest absolute Gasteiger partial charge is 0.489 e. The highest BCUT2D eigenvalue weighted by molar-refractivity contribution is 5.85. The minimum absolute atomic E-state index is 0.0221. The average molecular weight is 267 g/mol. The number of aromatic amines is 1. The maximum Gasteiger partial charge on any atom is 0.123 e. The van der Waals surface area contributed by atoms with Gasteiger partial charge in [-0.1, -0.05) is 30.3 Å². The first kappa shape index (κ1) is 12.8. The van der Waals surface area contributed by atoms with Gasteiger partial charge in [-0.2, -0.15) is 0 Å². The molecule has 0 aliphatic carbocycles. The summed E-state index contributed by atoms with van der Waals surface area (Å²) < 4.78 is 5.90. The van der Waals surface area contributed by atoms with Gasteiger partial charge in [0.1, 0.15) is 12.4 Å². The van der Waals surface area contributed by atoms with Crippen molar-refractivity contribution >= 4 is 10.9 Å². The summed E-state index contributed by atoms with van der Waals surface area (Å²) in [6.07, 6.45) is 0. The molecule has 0 unspecified atom stereocenters. The molecule has 20 heavy (non-hydrogen) atoms. The summed E-state index contributed by atoms with van der Waals surface area (Å²) in [5.74, 6) is 0.879. The van der Waals surface area contributed by atoms with Gasteiger partial charge in [-0.15, -0.1) is 0 Å². The maximum atomic E-state index is 9.19. The SMILES string of the molecule is Cc1c(OCc2ccccc2)ccc2[nH]c(CO)cc12. The molecule has 1 aromatic heterocycles. The number of aliphatic hydroxyl groups excluding tert-OH is 1. The molecule has 0 saturated heterocycles. The Kier molecular flexibility index (Phi) is 3.44. The van der Waals surface area contributed by atoms with Crippen LogP contribution in [0.5, 0.6) is 5.75 Å². The van der Waals surface area contributed by atoms with Gasteiger partial charge in [0.15, 0.2) is 0 Å². The summed E-state index contributed by atoms with van der Waals surface area (Å²) in [6.45, 7) is 2.62. The van der Waals surface area contributed by atoms with Gasteiger partial charge in [0.25, 0.3) is 0 Å². The summed E-state index contributed by atoms with van der Waals surface area (Å²) in [6, 6.07) is 16.0. The molecule has 0 atom stereocenters. The highest BCUT2D eigenvalue weighted by Gasteiger charge is 2.08. The van der Waals surface area contributed by atoms with Crippen LogP contribution in [0, 0.1) is 6.92 Å². The van der Waals surface area contributed by atoms with Crippen molar-refractivity contribution in [3.05, 3.63) is 65.4 Å². The van der Waals surface area contributed by atoms with Gasteiger partial charge in [-0.3, -0.25) is 0 Å². The van der Waals surface area contributed by atoms with Gasteiger partial charge in [0, 0.05) is 22.2 Å². The summed E-state index contributed by atoms with van der Waals surface area (Å²) in [5.41, 5.74) is 4.09. The molecule has 0 saturated carbocycles. The Balaban J connectivity index is 1.86. The van der Waals surface area contributed by atoms with Crippen molar-refractivity contribution in [2.75, 3.05) is 0 Å². The standard InChI is InChI=1S/C17H17NO2/c1-12-15-9-14(10-19)18-16(15)7-8-17(12)20-11-13-5-3-2-4-6-13/h2-9,18-19H,10-11H2,1H3. The molecule has 102 valence electrons. The van der Waals surface area contributed by atoms with E-state index < -0.39 is 0 Å². The van der Waals surface area contributed by atoms with Crippen LogP contribution in [-0.4, -0.2) is 10.1 Å². The minimum atomic E-state index is 0.0221. The molecule has 0 aliphatic rings. The van der Waals surface area contributed by atoms with Crippen molar-refractivity contribution in [2.24, 2.45) is 0 Å². The zero-order valence-corrected chi connectivity index (χ0v) is 11.4. The number of rotatable bonds is 4. The first-order chi connectivity index (χ1) is 9.78. The maximum absolute atomic E-state index is 9.19. The number of fused-ring (bicyclic) bond motifs is 1. The third-order valence-electron chi connectivity index (χ3n) is 3.49. The number of ether oxygens (including phenoxy) is 1. The second-order valence-electron chi connectivity index (χ2n) is 4.88. The lowest BCUT2D eigenvalue weighted by atomic mass is 10.1. The Morgan fingerprint density at radius 2 is 1.90 bits per heavy atom. The van der Waals surface area contributed by atoms with E-state index in [9.17, 15) is 5.11 Å². The van der Waals surface area contributed by atoms with Gasteiger partial charge in [0.05, 0.1) is 6.61 Å². The average Bonchev–Trinajstić information content (AvgIpc) is 2.92. The quantitative estimate of drug-likeness (QED) is 0.759. The zero-order chi connectivity index (χ0) is 13.9. The zero-order valence-electron chi connectivity index (χ0n) is 11.4. The molecule has 1 heterocycles. The Hall–Kier alpha value is -2.26. The van der Waals surface area contributed by atoms with E-state index in [1.807, 2.05) is 55.5 Å². The third-order valence-corrected chi connectivity index (χ3v) is 3.49. The van der Waals surface area contributed by atoms with E-state index in [0.717, 1.165) is 33.5 Å². The molecule has 2 N–H and O–H groups in total. The van der Waals surface area contributed by atoms with Crippen LogP contribution in [-0.2, 0) is 13.2 Å². The number of aryl methyl sites for hydroxylation is 1. The molecule has 0 aliphatic heterocycles. The van der Waals surface area contributed by atoms with E-state index in [1.54, 1.807) is 0 Å². The predicted octanol–water partition coefficient (Wildman–Crippen LogP) is 3.55. The van der Waals surface area contributed by atoms with E-state index in [0.29, 0.717) is 6.61 Å². The van der Waals surface area contributed by atoms with Crippen LogP contribution in [0.4, 0.5) is 0 Å². The van der Waals surface area contributed by atoms with Gasteiger partial charge in [-0.25, -0.2) is 0 Å². The lowest BCUT2D eigenvalue weighted by Crippen LogP contribution is -1.96. The van der Waals surface area contributed by atoms with Crippen LogP contribution in [0.3, 0.4) is 0 Å². The fraction of sp³-hybridized carbons (Fsp3) is 0.176. The van der Waals surface area contributed by atoms with Crippen LogP contribution >= 0.6 is 0 Å². The smallest absolute Gasteiger partial charge is 0.123 e. The molecule has 3 nitrogen and oxygen atoms in total. The van der Waals surface area contributed by atoms with Gasteiger partial charge in [-0.05, 0) is 30.7 Å². The number of benzene rings is 2. The first-order valence-electron chi connectivity index (χ1n) is 6.66. The van der Waals surface area contributed by atoms with Gasteiger partial charge < -0.3 is 14.8 Å². The molecule has 0 radical (unpaired) electrons. The molecule has 0 fully saturated rings. The van der Waals surface area contributed by atoms with Crippen molar-refractivity contribution in [1.82, 2.24) is 4.98 Å². The summed E-state index contributed by atoms with van der Waals surface area (Å²) >= 11 is 0. The summed E-state index contributed by atoms with van der Waals surface area (Å²) in [7, 11) is 0. The lowest BCUT2D eigenvalue weighted by Gasteiger charge is -2.09. The summed E-state index contributed by atoms with van der Waals surface area (Å²) in [5, 5.41) is 10.3. The van der Waals surface area contributed by atoms with Crippen LogP contribution in [0.1, 0.15) is 16.8 Å². The van der Waals surface area contributed by atoms with Crippen molar-refractivity contribution in [3.8, 4) is 5.75 Å². The predicted molar refractivity (Wildman–Crippen MR) is 79.7 cm³/mol. The van der Waals surface area contributed by atoms with Gasteiger partial charge in [0.2, 0.25) is 0 Å². The molecular formula is C17H17NO2. The highest BCUT2D eigenvalue weighted by atomic mass is 16.5. The van der Waals surface area contributed by atoms with E-state index >= 15 is 0 Å². The van der Waals surface area contributed by atoms with Crippen molar-refractivity contribution in [2.45, 2.75) is 20.1 Å². The molecule has 3 rings (SSSR count). The van der Waals surface area contributed by atoms with Crippen LogP contribution in [0.25, 0.3) is 10.9 Å². The van der Waals surface area contributed by atoms with Crippen molar-refractivity contribution < 1.29 is 9.84 Å². The van der Waals surface area contributed by atoms with Crippen LogP contribution < -0.4 is 4.74 Å². The number of aliphatic hydroxyl groups is 1. The Morgan fingerprint density at radius 1 is 1.10 bits per heavy atom. The molecule has 0 spiro atoms. The number of hydrogen-bond donors (Lipinski definition) is 2. The number of aromatic nitrogens is 1. The van der Waals surface area contributed by atoms with E-state index in [1.165, 1.54) is 0 Å². The monoisotopic (exact) mass is 267 g/mol. The number of hydrogen-bond acceptors (Lipinski definition) is 2. The van der Waals surface area contributed by atoms with Crippen molar-refractivity contribution in [1.29, 1.82) is 0 Å². The highest BCUT2D eigenvalue weighted by Crippen LogP contribution is 2.28. The molecular weight excluding hydrogens is 250 g/mol. The van der Waals surface area contributed by atoms with Gasteiger partial charge >= 0.3 is 0 Å². The van der Waals surface area contributed by atoms with Crippen LogP contribution in [0.2, 0.25) is 0 Å². The van der Waals surface area contributed by atoms with E-state index in [-0.39, 0.29) is 6.61 Å². The Labute approximate surface area is 117 Å². The Bertz CT molecular complexity index is 716. The van der Waals surface area contributed by atoms with Crippen molar-refractivity contribution in [3.63, 3.8) is 0 Å². The topological polar surface area (TPSA) is 45.2 Å². The minimum Gasteiger partial charge on any atom is -0.489 e. The third kappa shape index (κ3) is 2.40. The molecule has 2 aromatic carbocycles. The first-order valence-corrected chi connectivity index (χ1v) is 6.66. The molecule has 0 bridgehead atoms. The second kappa shape index (κ2) is 5.39. The van der Waals surface area contributed by atoms with Crippen LogP contribution in [0.15, 0.2) is 48.5 Å². The second-order valence-corrected chi connectivity index (χ2v) is 4.88. The fourth-order valence-electron chi connectivity index (χ4n) is 2.36. The normalized spacial score (nSPS) is 10.9. The molecule has 0 amide bonds. The molecule has 3 aromatic rings. The Morgan fingerprint density at radius 3 is 2.65 bits per heavy atom. The van der Waals surface area contributed by atoms with E-state index in [4.69, 9.17) is 4.74 Å². The summed E-state index contributed by atoms with van der Waals surface area (Å²) in [4.78, 5) is 3.18. The fourth-order valence-corrected chi connectivity index (χ4v) is 2.36. The number of nitrogens with one attached hydrogen (secondary N) is 1. The molecule has 3 heteroatoms. The lowest BCUT2D eigenvalue weighted by molar-refractivity contribution is 0.278. The number of H-pyrrole nitrogens is 1.